The summed E-state index contributed by atoms with van der Waals surface area (Å²) in [5.41, 5.74) is 18.6. The van der Waals surface area contributed by atoms with Crippen LogP contribution in [0.5, 0.6) is 0 Å². The summed E-state index contributed by atoms with van der Waals surface area (Å²) >= 11 is 0. The van der Waals surface area contributed by atoms with Crippen molar-refractivity contribution in [3.8, 4) is 0 Å². The highest BCUT2D eigenvalue weighted by molar-refractivity contribution is 6.01. The number of nitrogens with two attached hydrogens (primary N) is 3. The summed E-state index contributed by atoms with van der Waals surface area (Å²) in [6.07, 6.45) is 0. The Morgan fingerprint density at radius 2 is 1.82 bits per heavy atom. The number of aryl methyl sites for hydroxylation is 1. The molecule has 0 aromatic carbocycles. The number of guanidine groups is 1. The lowest BCUT2D eigenvalue weighted by molar-refractivity contribution is 0.863. The molecule has 0 saturated carbocycles. The summed E-state index contributed by atoms with van der Waals surface area (Å²) < 4.78 is 1.33. The molecule has 8 heteroatoms. The fraction of sp³-hybridized carbons (Fsp3) is 0.333. The van der Waals surface area contributed by atoms with Crippen molar-refractivity contribution in [3.05, 3.63) is 17.0 Å². The molecular formula is C9H16N8. The van der Waals surface area contributed by atoms with E-state index in [1.54, 1.807) is 20.8 Å². The predicted molar refractivity (Wildman–Crippen MR) is 67.0 cm³/mol. The Morgan fingerprint density at radius 1 is 1.24 bits per heavy atom. The molecule has 0 radical (unpaired) electrons. The molecule has 8 nitrogen and oxygen atoms in total. The highest BCUT2D eigenvalue weighted by Gasteiger charge is 2.15. The molecule has 1 aromatic rings. The van der Waals surface area contributed by atoms with Gasteiger partial charge in [-0.05, 0) is 20.8 Å². The molecule has 0 aliphatic rings. The van der Waals surface area contributed by atoms with Crippen molar-refractivity contribution in [2.75, 3.05) is 0 Å². The molecule has 92 valence electrons. The number of hydrogen-bond acceptors (Lipinski definition) is 4. The minimum Gasteiger partial charge on any atom is -0.369 e. The average molecular weight is 236 g/mol. The Hall–Kier alpha value is -2.38. The van der Waals surface area contributed by atoms with E-state index in [0.29, 0.717) is 11.4 Å². The maximum atomic E-state index is 7.37. The summed E-state index contributed by atoms with van der Waals surface area (Å²) in [7, 11) is 0. The molecule has 7 N–H and O–H groups in total. The molecule has 0 fully saturated rings. The van der Waals surface area contributed by atoms with Crippen LogP contribution in [0.1, 0.15) is 23.9 Å². The van der Waals surface area contributed by atoms with Gasteiger partial charge in [-0.1, -0.05) is 0 Å². The second-order valence-corrected chi connectivity index (χ2v) is 3.55. The number of aromatic nitrogens is 2. The fourth-order valence-electron chi connectivity index (χ4n) is 1.58. The third kappa shape index (κ3) is 2.60. The molecular weight excluding hydrogens is 220 g/mol. The van der Waals surface area contributed by atoms with Crippen molar-refractivity contribution in [1.29, 1.82) is 5.41 Å². The van der Waals surface area contributed by atoms with E-state index in [0.717, 1.165) is 11.3 Å². The molecule has 1 aromatic heterocycles. The van der Waals surface area contributed by atoms with Gasteiger partial charge in [-0.25, -0.2) is 4.68 Å². The third-order valence-corrected chi connectivity index (χ3v) is 2.20. The minimum atomic E-state index is -0.147. The van der Waals surface area contributed by atoms with Crippen molar-refractivity contribution in [2.45, 2.75) is 20.8 Å². The van der Waals surface area contributed by atoms with Crippen molar-refractivity contribution in [3.63, 3.8) is 0 Å². The van der Waals surface area contributed by atoms with Crippen LogP contribution in [0.2, 0.25) is 0 Å². The minimum absolute atomic E-state index is 0.112. The van der Waals surface area contributed by atoms with Crippen LogP contribution in [0.15, 0.2) is 10.2 Å². The molecule has 0 amide bonds. The molecule has 0 unspecified atom stereocenters. The lowest BCUT2D eigenvalue weighted by Crippen LogP contribution is -2.23. The quantitative estimate of drug-likeness (QED) is 0.304. The van der Waals surface area contributed by atoms with E-state index in [-0.39, 0.29) is 11.9 Å². The van der Waals surface area contributed by atoms with Crippen molar-refractivity contribution >= 4 is 17.6 Å². The number of hydrogen-bond donors (Lipinski definition) is 4. The third-order valence-electron chi connectivity index (χ3n) is 2.20. The van der Waals surface area contributed by atoms with Gasteiger partial charge in [0.2, 0.25) is 11.9 Å². The highest BCUT2D eigenvalue weighted by atomic mass is 15.3. The Bertz CT molecular complexity index is 503. The van der Waals surface area contributed by atoms with E-state index >= 15 is 0 Å². The molecule has 0 spiro atoms. The molecule has 0 aliphatic heterocycles. The van der Waals surface area contributed by atoms with Gasteiger partial charge in [0.25, 0.3) is 0 Å². The summed E-state index contributed by atoms with van der Waals surface area (Å²) in [6, 6.07) is 0. The zero-order valence-electron chi connectivity index (χ0n) is 10.0. The van der Waals surface area contributed by atoms with E-state index in [1.807, 2.05) is 0 Å². The highest BCUT2D eigenvalue weighted by Crippen LogP contribution is 2.13. The first-order valence-electron chi connectivity index (χ1n) is 4.88. The Morgan fingerprint density at radius 3 is 2.24 bits per heavy atom. The van der Waals surface area contributed by atoms with Gasteiger partial charge in [-0.2, -0.15) is 10.2 Å². The second kappa shape index (κ2) is 4.64. The van der Waals surface area contributed by atoms with Crippen LogP contribution in [-0.2, 0) is 0 Å². The van der Waals surface area contributed by atoms with Crippen LogP contribution in [0.25, 0.3) is 0 Å². The zero-order chi connectivity index (χ0) is 13.2. The van der Waals surface area contributed by atoms with Crippen molar-refractivity contribution < 1.29 is 0 Å². The Kier molecular flexibility index (Phi) is 3.46. The lowest BCUT2D eigenvalue weighted by atomic mass is 10.1. The summed E-state index contributed by atoms with van der Waals surface area (Å²) in [6.45, 7) is 5.36. The molecule has 17 heavy (non-hydrogen) atoms. The number of rotatable bonds is 2. The standard InChI is InChI=1S/C9H16N8/c1-4(14-15-8(10)11)7-5(2)16-17(6(7)3)9(12)13/h1-3H3,(H3,12,13)(H4,10,11,15). The van der Waals surface area contributed by atoms with E-state index in [9.17, 15) is 0 Å². The van der Waals surface area contributed by atoms with Crippen LogP contribution < -0.4 is 17.2 Å². The SMILES string of the molecule is CC(=NN=C(N)N)c1c(C)nn(C(=N)N)c1C. The van der Waals surface area contributed by atoms with Gasteiger partial charge in [0.05, 0.1) is 17.1 Å². The van der Waals surface area contributed by atoms with E-state index in [4.69, 9.17) is 22.6 Å². The summed E-state index contributed by atoms with van der Waals surface area (Å²) in [5.74, 6) is -0.259. The molecule has 0 saturated heterocycles. The van der Waals surface area contributed by atoms with Crippen LogP contribution >= 0.6 is 0 Å². The first-order chi connectivity index (χ1) is 7.84. The van der Waals surface area contributed by atoms with Crippen LogP contribution in [0.3, 0.4) is 0 Å². The smallest absolute Gasteiger partial charge is 0.213 e. The molecule has 0 aliphatic carbocycles. The van der Waals surface area contributed by atoms with Gasteiger partial charge in [0.1, 0.15) is 0 Å². The summed E-state index contributed by atoms with van der Waals surface area (Å²) in [5, 5.41) is 19.0. The van der Waals surface area contributed by atoms with E-state index < -0.39 is 0 Å². The normalized spacial score (nSPS) is 11.4. The largest absolute Gasteiger partial charge is 0.369 e. The lowest BCUT2D eigenvalue weighted by Gasteiger charge is -2.01. The Labute approximate surface area is 98.7 Å². The molecule has 0 bridgehead atoms. The second-order valence-electron chi connectivity index (χ2n) is 3.55. The van der Waals surface area contributed by atoms with Gasteiger partial charge in [0, 0.05) is 5.56 Å². The van der Waals surface area contributed by atoms with Crippen LogP contribution in [0.4, 0.5) is 0 Å². The first-order valence-corrected chi connectivity index (χ1v) is 4.88. The van der Waals surface area contributed by atoms with E-state index in [1.165, 1.54) is 4.68 Å². The van der Waals surface area contributed by atoms with Crippen LogP contribution in [-0.4, -0.2) is 27.4 Å². The first kappa shape index (κ1) is 12.7. The Balaban J connectivity index is 3.28. The number of nitrogen functional groups attached to an aromatic ring is 1. The van der Waals surface area contributed by atoms with Gasteiger partial charge in [0.15, 0.2) is 0 Å². The molecule has 1 rings (SSSR count). The fourth-order valence-corrected chi connectivity index (χ4v) is 1.58. The van der Waals surface area contributed by atoms with Gasteiger partial charge in [-0.15, -0.1) is 5.10 Å². The maximum absolute atomic E-state index is 7.37. The zero-order valence-corrected chi connectivity index (χ0v) is 10.0. The topological polar surface area (TPSA) is 144 Å². The molecule has 0 atom stereocenters. The van der Waals surface area contributed by atoms with E-state index in [2.05, 4.69) is 15.3 Å². The molecule has 1 heterocycles. The van der Waals surface area contributed by atoms with Gasteiger partial charge in [-0.3, -0.25) is 5.41 Å². The average Bonchev–Trinajstić information content (AvgIpc) is 2.51. The van der Waals surface area contributed by atoms with Crippen molar-refractivity contribution in [2.24, 2.45) is 27.4 Å². The summed E-state index contributed by atoms with van der Waals surface area (Å²) in [4.78, 5) is 0. The van der Waals surface area contributed by atoms with Crippen LogP contribution in [0, 0.1) is 19.3 Å². The monoisotopic (exact) mass is 236 g/mol. The predicted octanol–water partition coefficient (Wildman–Crippen LogP) is -0.761. The maximum Gasteiger partial charge on any atom is 0.213 e. The van der Waals surface area contributed by atoms with Gasteiger partial charge >= 0.3 is 0 Å². The van der Waals surface area contributed by atoms with Gasteiger partial charge < -0.3 is 17.2 Å². The number of nitrogens with zero attached hydrogens (tertiary/aromatic N) is 4. The van der Waals surface area contributed by atoms with Crippen molar-refractivity contribution in [1.82, 2.24) is 9.78 Å². The number of nitrogens with one attached hydrogen (secondary N) is 1.